The van der Waals surface area contributed by atoms with Gasteiger partial charge in [-0.3, -0.25) is 14.9 Å². The number of benzene rings is 1. The highest BCUT2D eigenvalue weighted by Crippen LogP contribution is 2.33. The van der Waals surface area contributed by atoms with Crippen molar-refractivity contribution in [3.05, 3.63) is 65.0 Å². The molecular formula is C32H33N7O3S. The fraction of sp³-hybridized carbons (Fsp3) is 0.406. The molecule has 2 N–H and O–H groups in total. The molecule has 2 aliphatic carbocycles. The van der Waals surface area contributed by atoms with Crippen molar-refractivity contribution in [3.63, 3.8) is 0 Å². The van der Waals surface area contributed by atoms with Crippen LogP contribution >= 0.6 is 11.3 Å². The number of hydrogen-bond acceptors (Lipinski definition) is 8. The Balaban J connectivity index is 1.16. The number of carbonyl (C=O) groups excluding carboxylic acids is 2. The summed E-state index contributed by atoms with van der Waals surface area (Å²) in [6.45, 7) is 2.86. The minimum atomic E-state index is -0.267. The zero-order valence-electron chi connectivity index (χ0n) is 23.8. The fourth-order valence-corrected chi connectivity index (χ4v) is 6.57. The van der Waals surface area contributed by atoms with E-state index in [1.54, 1.807) is 12.3 Å². The number of thiophene rings is 1. The predicted molar refractivity (Wildman–Crippen MR) is 163 cm³/mol. The summed E-state index contributed by atoms with van der Waals surface area (Å²) < 4.78 is 7.39. The smallest absolute Gasteiger partial charge is 0.268 e. The lowest BCUT2D eigenvalue weighted by molar-refractivity contribution is -0.127. The number of likely N-dealkylation sites (tertiary alicyclic amines) is 1. The van der Waals surface area contributed by atoms with E-state index in [-0.39, 0.29) is 23.4 Å². The van der Waals surface area contributed by atoms with Gasteiger partial charge in [0.2, 0.25) is 5.95 Å². The molecule has 3 aromatic heterocycles. The number of carbonyl (C=O) groups is 2. The van der Waals surface area contributed by atoms with Crippen molar-refractivity contribution in [2.24, 2.45) is 11.8 Å². The van der Waals surface area contributed by atoms with Gasteiger partial charge in [0.25, 0.3) is 11.8 Å². The van der Waals surface area contributed by atoms with Gasteiger partial charge in [-0.2, -0.15) is 5.26 Å². The maximum Gasteiger partial charge on any atom is 0.268 e. The zero-order valence-corrected chi connectivity index (χ0v) is 24.6. The van der Waals surface area contributed by atoms with Gasteiger partial charge in [-0.25, -0.2) is 9.97 Å². The SMILES string of the molecule is N#CC(=CC1CC1)C(=O)N1CCCC1Cn1c(NC(=O)c2ccc(-c3cnco3)s2)nc2cc(CNCC3CC3)ccc21. The standard InChI is InChI=1S/C32H33N7O3S/c33-14-23(12-20-3-4-20)31(41)38-11-1-2-24(38)18-39-26-8-7-22(16-34-15-21-5-6-21)13-25(26)36-32(39)37-30(40)29-10-9-28(43-29)27-17-35-19-42-27/h7-10,12-13,17,19-21,24,34H,1-6,11,15-16,18H2,(H,36,37,40). The van der Waals surface area contributed by atoms with Crippen LogP contribution in [0.4, 0.5) is 5.95 Å². The first-order valence-corrected chi connectivity index (χ1v) is 15.8. The third-order valence-electron chi connectivity index (χ3n) is 8.41. The van der Waals surface area contributed by atoms with Gasteiger partial charge < -0.3 is 19.2 Å². The van der Waals surface area contributed by atoms with Crippen molar-refractivity contribution in [3.8, 4) is 16.7 Å². The van der Waals surface area contributed by atoms with Gasteiger partial charge in [0.1, 0.15) is 11.6 Å². The molecule has 1 aliphatic heterocycles. The Morgan fingerprint density at radius 1 is 1.16 bits per heavy atom. The van der Waals surface area contributed by atoms with Crippen molar-refractivity contribution < 1.29 is 14.0 Å². The van der Waals surface area contributed by atoms with Crippen LogP contribution in [0.2, 0.25) is 0 Å². The first-order chi connectivity index (χ1) is 21.1. The average molecular weight is 596 g/mol. The Kier molecular flexibility index (Phi) is 7.55. The Labute approximate surface area is 253 Å². The van der Waals surface area contributed by atoms with Gasteiger partial charge in [-0.1, -0.05) is 12.1 Å². The first-order valence-electron chi connectivity index (χ1n) is 15.0. The van der Waals surface area contributed by atoms with Gasteiger partial charge in [0, 0.05) is 19.6 Å². The summed E-state index contributed by atoms with van der Waals surface area (Å²) in [4.78, 5) is 38.8. The largest absolute Gasteiger partial charge is 0.443 e. The Bertz CT molecular complexity index is 1720. The molecule has 220 valence electrons. The van der Waals surface area contributed by atoms with Crippen molar-refractivity contribution in [2.45, 2.75) is 57.7 Å². The minimum Gasteiger partial charge on any atom is -0.443 e. The average Bonchev–Trinajstić information content (AvgIpc) is 3.73. The Morgan fingerprint density at radius 2 is 2.05 bits per heavy atom. The van der Waals surface area contributed by atoms with Crippen LogP contribution in [0.25, 0.3) is 21.7 Å². The fourth-order valence-electron chi connectivity index (χ4n) is 5.71. The topological polar surface area (TPSA) is 129 Å². The number of fused-ring (bicyclic) bond motifs is 1. The molecule has 11 heteroatoms. The van der Waals surface area contributed by atoms with Gasteiger partial charge in [0.05, 0.1) is 33.0 Å². The summed E-state index contributed by atoms with van der Waals surface area (Å²) in [7, 11) is 0. The zero-order chi connectivity index (χ0) is 29.3. The lowest BCUT2D eigenvalue weighted by Gasteiger charge is -2.26. The van der Waals surface area contributed by atoms with Gasteiger partial charge >= 0.3 is 0 Å². The summed E-state index contributed by atoms with van der Waals surface area (Å²) in [5.41, 5.74) is 3.05. The van der Waals surface area contributed by atoms with E-state index in [1.807, 2.05) is 27.7 Å². The molecule has 1 unspecified atom stereocenters. The van der Waals surface area contributed by atoms with Crippen molar-refractivity contribution in [1.29, 1.82) is 5.26 Å². The lowest BCUT2D eigenvalue weighted by atomic mass is 10.1. The highest BCUT2D eigenvalue weighted by atomic mass is 32.1. The molecule has 1 saturated heterocycles. The highest BCUT2D eigenvalue weighted by Gasteiger charge is 2.33. The number of nitrogens with zero attached hydrogens (tertiary/aromatic N) is 5. The number of allylic oxidation sites excluding steroid dienone is 1. The second kappa shape index (κ2) is 11.8. The number of rotatable bonds is 11. The van der Waals surface area contributed by atoms with Crippen LogP contribution in [0.1, 0.15) is 53.8 Å². The number of nitriles is 1. The molecule has 3 fully saturated rings. The van der Waals surface area contributed by atoms with Crippen LogP contribution in [0.15, 0.2) is 59.0 Å². The molecule has 1 aromatic carbocycles. The van der Waals surface area contributed by atoms with E-state index in [1.165, 1.54) is 30.6 Å². The number of amides is 2. The number of hydrogen-bond donors (Lipinski definition) is 2. The van der Waals surface area contributed by atoms with E-state index in [2.05, 4.69) is 33.8 Å². The molecule has 0 spiro atoms. The van der Waals surface area contributed by atoms with Crippen molar-refractivity contribution in [2.75, 3.05) is 18.4 Å². The number of imidazole rings is 1. The number of nitrogens with one attached hydrogen (secondary N) is 2. The Hall–Kier alpha value is -4.27. The first kappa shape index (κ1) is 27.6. The third-order valence-corrected chi connectivity index (χ3v) is 9.51. The van der Waals surface area contributed by atoms with Gasteiger partial charge in [0.15, 0.2) is 12.2 Å². The molecule has 0 bridgehead atoms. The van der Waals surface area contributed by atoms with Crippen LogP contribution in [-0.2, 0) is 17.9 Å². The molecule has 2 saturated carbocycles. The summed E-state index contributed by atoms with van der Waals surface area (Å²) in [6, 6.07) is 11.8. The summed E-state index contributed by atoms with van der Waals surface area (Å²) >= 11 is 1.32. The molecule has 3 aliphatic rings. The molecule has 4 aromatic rings. The number of aromatic nitrogens is 3. The molecule has 43 heavy (non-hydrogen) atoms. The van der Waals surface area contributed by atoms with E-state index in [4.69, 9.17) is 9.40 Å². The lowest BCUT2D eigenvalue weighted by Crippen LogP contribution is -2.39. The van der Waals surface area contributed by atoms with Gasteiger partial charge in [-0.05, 0) is 86.7 Å². The maximum atomic E-state index is 13.4. The van der Waals surface area contributed by atoms with E-state index >= 15 is 0 Å². The van der Waals surface area contributed by atoms with Crippen LogP contribution in [0.3, 0.4) is 0 Å². The maximum absolute atomic E-state index is 13.4. The molecule has 4 heterocycles. The normalized spacial score (nSPS) is 18.7. The molecule has 1 atom stereocenters. The molecule has 10 nitrogen and oxygen atoms in total. The minimum absolute atomic E-state index is 0.115. The van der Waals surface area contributed by atoms with E-state index in [0.717, 1.165) is 66.2 Å². The molecular weight excluding hydrogens is 562 g/mol. The van der Waals surface area contributed by atoms with E-state index in [0.29, 0.717) is 35.6 Å². The van der Waals surface area contributed by atoms with Crippen LogP contribution in [0.5, 0.6) is 0 Å². The molecule has 7 rings (SSSR count). The summed E-state index contributed by atoms with van der Waals surface area (Å²) in [5.74, 6) is 1.72. The second-order valence-electron chi connectivity index (χ2n) is 11.8. The summed E-state index contributed by atoms with van der Waals surface area (Å²) in [6.07, 6.45) is 11.2. The van der Waals surface area contributed by atoms with Crippen LogP contribution < -0.4 is 10.6 Å². The van der Waals surface area contributed by atoms with E-state index < -0.39 is 0 Å². The quantitative estimate of drug-likeness (QED) is 0.177. The Morgan fingerprint density at radius 3 is 2.81 bits per heavy atom. The third kappa shape index (κ3) is 6.12. The monoisotopic (exact) mass is 595 g/mol. The molecule has 0 radical (unpaired) electrons. The van der Waals surface area contributed by atoms with Crippen LogP contribution in [-0.4, -0.2) is 50.4 Å². The summed E-state index contributed by atoms with van der Waals surface area (Å²) in [5, 5.41) is 16.3. The molecule has 2 amide bonds. The predicted octanol–water partition coefficient (Wildman–Crippen LogP) is 5.36. The highest BCUT2D eigenvalue weighted by molar-refractivity contribution is 7.17. The van der Waals surface area contributed by atoms with Gasteiger partial charge in [-0.15, -0.1) is 11.3 Å². The van der Waals surface area contributed by atoms with Crippen molar-refractivity contribution >= 4 is 40.1 Å². The van der Waals surface area contributed by atoms with E-state index in [9.17, 15) is 14.9 Å². The van der Waals surface area contributed by atoms with Crippen LogP contribution in [0, 0.1) is 23.2 Å². The number of anilines is 1. The number of oxazole rings is 1. The second-order valence-corrected chi connectivity index (χ2v) is 12.8. The van der Waals surface area contributed by atoms with Crippen molar-refractivity contribution in [1.82, 2.24) is 24.8 Å².